The van der Waals surface area contributed by atoms with Crippen LogP contribution in [0.5, 0.6) is 5.75 Å². The van der Waals surface area contributed by atoms with Gasteiger partial charge in [0.05, 0.1) is 6.54 Å². The molecule has 0 saturated heterocycles. The van der Waals surface area contributed by atoms with Gasteiger partial charge in [-0.15, -0.1) is 0 Å². The summed E-state index contributed by atoms with van der Waals surface area (Å²) in [5.74, 6) is 0.625. The van der Waals surface area contributed by atoms with Gasteiger partial charge in [-0.25, -0.2) is 4.99 Å². The van der Waals surface area contributed by atoms with Crippen LogP contribution < -0.4 is 4.74 Å². The second-order valence-electron chi connectivity index (χ2n) is 4.84. The first-order valence-corrected chi connectivity index (χ1v) is 8.32. The van der Waals surface area contributed by atoms with Crippen LogP contribution in [0.1, 0.15) is 0 Å². The largest absolute Gasteiger partial charge is 0.492 e. The van der Waals surface area contributed by atoms with Gasteiger partial charge in [0.15, 0.2) is 5.17 Å². The second-order valence-corrected chi connectivity index (χ2v) is 6.05. The van der Waals surface area contributed by atoms with Crippen molar-refractivity contribution in [2.75, 3.05) is 33.5 Å². The Morgan fingerprint density at radius 2 is 2.05 bits per heavy atom. The summed E-state index contributed by atoms with van der Waals surface area (Å²) >= 11 is 7.27. The van der Waals surface area contributed by atoms with Gasteiger partial charge < -0.3 is 9.64 Å². The van der Waals surface area contributed by atoms with Gasteiger partial charge in [0, 0.05) is 25.3 Å². The molecule has 0 N–H and O–H groups in total. The lowest BCUT2D eigenvalue weighted by Crippen LogP contribution is -2.34. The number of aliphatic imine (C=N–C) groups is 1. The Kier molecular flexibility index (Phi) is 5.74. The van der Waals surface area contributed by atoms with E-state index >= 15 is 0 Å². The molecule has 1 amide bonds. The first-order valence-electron chi connectivity index (χ1n) is 6.72. The predicted molar refractivity (Wildman–Crippen MR) is 91.4 cm³/mol. The Bertz CT molecular complexity index is 599. The summed E-state index contributed by atoms with van der Waals surface area (Å²) in [5.41, 5.74) is 0.445. The third-order valence-electron chi connectivity index (χ3n) is 2.87. The number of halogens is 1. The highest BCUT2D eigenvalue weighted by molar-refractivity contribution is 8.13. The third-order valence-corrected chi connectivity index (χ3v) is 3.80. The molecule has 1 aromatic rings. The van der Waals surface area contributed by atoms with Gasteiger partial charge in [-0.1, -0.05) is 23.4 Å². The number of amidine groups is 1. The lowest BCUT2D eigenvalue weighted by molar-refractivity contribution is -0.122. The van der Waals surface area contributed by atoms with Gasteiger partial charge in [-0.05, 0) is 30.5 Å². The monoisotopic (exact) mass is 339 g/mol. The average Bonchev–Trinajstić information content (AvgIpc) is 2.77. The maximum Gasteiger partial charge on any atom is 0.280 e. The Hall–Kier alpha value is -1.66. The number of carbonyl (C=O) groups is 1. The Balaban J connectivity index is 1.96. The maximum atomic E-state index is 12.3. The summed E-state index contributed by atoms with van der Waals surface area (Å²) in [6, 6.07) is 7.14. The molecule has 0 fully saturated rings. The molecule has 0 unspecified atom stereocenters. The first kappa shape index (κ1) is 16.7. The zero-order valence-corrected chi connectivity index (χ0v) is 14.3. The van der Waals surface area contributed by atoms with Crippen molar-refractivity contribution < 1.29 is 9.53 Å². The molecule has 7 heteroatoms. The van der Waals surface area contributed by atoms with Crippen molar-refractivity contribution in [2.45, 2.75) is 0 Å². The smallest absolute Gasteiger partial charge is 0.280 e. The van der Waals surface area contributed by atoms with E-state index in [4.69, 9.17) is 16.3 Å². The molecular weight excluding hydrogens is 322 g/mol. The molecule has 0 atom stereocenters. The number of benzene rings is 1. The van der Waals surface area contributed by atoms with E-state index < -0.39 is 0 Å². The standard InChI is InChI=1S/C15H18ClN3O2S/c1-18(2)10-13-14(20)19(15(17-13)22-3)8-9-21-12-6-4-11(16)5-7-12/h4-7,10H,8-9H2,1-3H3/b13-10+. The fraction of sp³-hybridized carbons (Fsp3) is 0.333. The van der Waals surface area contributed by atoms with E-state index in [1.165, 1.54) is 11.8 Å². The highest BCUT2D eigenvalue weighted by atomic mass is 35.5. The lowest BCUT2D eigenvalue weighted by Gasteiger charge is -2.17. The topological polar surface area (TPSA) is 45.1 Å². The van der Waals surface area contributed by atoms with Gasteiger partial charge in [-0.3, -0.25) is 9.69 Å². The van der Waals surface area contributed by atoms with Crippen LogP contribution in [0.2, 0.25) is 5.02 Å². The minimum atomic E-state index is -0.0993. The van der Waals surface area contributed by atoms with E-state index in [1.807, 2.05) is 25.3 Å². The quantitative estimate of drug-likeness (QED) is 0.774. The zero-order valence-electron chi connectivity index (χ0n) is 12.7. The number of ether oxygens (including phenoxy) is 1. The Morgan fingerprint density at radius 1 is 1.36 bits per heavy atom. The summed E-state index contributed by atoms with van der Waals surface area (Å²) in [6.07, 6.45) is 3.62. The Morgan fingerprint density at radius 3 is 2.64 bits per heavy atom. The zero-order chi connectivity index (χ0) is 16.1. The minimum Gasteiger partial charge on any atom is -0.492 e. The summed E-state index contributed by atoms with van der Waals surface area (Å²) in [7, 11) is 3.72. The van der Waals surface area contributed by atoms with Crippen LogP contribution in [0.25, 0.3) is 0 Å². The van der Waals surface area contributed by atoms with Crippen molar-refractivity contribution in [3.63, 3.8) is 0 Å². The van der Waals surface area contributed by atoms with Crippen LogP contribution in [-0.4, -0.2) is 54.4 Å². The molecule has 0 radical (unpaired) electrons. The minimum absolute atomic E-state index is 0.0993. The number of nitrogens with zero attached hydrogens (tertiary/aromatic N) is 3. The normalized spacial score (nSPS) is 16.2. The molecular formula is C15H18ClN3O2S. The van der Waals surface area contributed by atoms with Crippen molar-refractivity contribution in [1.29, 1.82) is 0 Å². The molecule has 2 rings (SSSR count). The first-order chi connectivity index (χ1) is 10.5. The highest BCUT2D eigenvalue weighted by Gasteiger charge is 2.29. The van der Waals surface area contributed by atoms with Crippen LogP contribution in [-0.2, 0) is 4.79 Å². The van der Waals surface area contributed by atoms with Gasteiger partial charge in [0.1, 0.15) is 18.1 Å². The molecule has 1 aliphatic rings. The molecule has 0 bridgehead atoms. The molecule has 5 nitrogen and oxygen atoms in total. The number of thioether (sulfide) groups is 1. The molecule has 0 spiro atoms. The SMILES string of the molecule is CSC1=N/C(=C/N(C)C)C(=O)N1CCOc1ccc(Cl)cc1. The molecule has 0 aliphatic carbocycles. The van der Waals surface area contributed by atoms with E-state index in [9.17, 15) is 4.79 Å². The molecule has 0 saturated carbocycles. The summed E-state index contributed by atoms with van der Waals surface area (Å²) < 4.78 is 5.63. The molecule has 0 aromatic heterocycles. The number of amides is 1. The molecule has 1 aliphatic heterocycles. The lowest BCUT2D eigenvalue weighted by atomic mass is 10.3. The summed E-state index contributed by atoms with van der Waals surface area (Å²) in [4.78, 5) is 20.1. The van der Waals surface area contributed by atoms with E-state index in [2.05, 4.69) is 4.99 Å². The molecule has 1 heterocycles. The van der Waals surface area contributed by atoms with Crippen molar-refractivity contribution in [2.24, 2.45) is 4.99 Å². The summed E-state index contributed by atoms with van der Waals surface area (Å²) in [5, 5.41) is 1.36. The van der Waals surface area contributed by atoms with Crippen molar-refractivity contribution >= 4 is 34.4 Å². The van der Waals surface area contributed by atoms with Gasteiger partial charge in [-0.2, -0.15) is 0 Å². The van der Waals surface area contributed by atoms with Crippen LogP contribution in [0.15, 0.2) is 41.2 Å². The second kappa shape index (κ2) is 7.56. The van der Waals surface area contributed by atoms with E-state index in [1.54, 1.807) is 35.4 Å². The third kappa shape index (κ3) is 4.18. The number of hydrogen-bond acceptors (Lipinski definition) is 5. The van der Waals surface area contributed by atoms with E-state index in [0.29, 0.717) is 29.0 Å². The van der Waals surface area contributed by atoms with Crippen LogP contribution >= 0.6 is 23.4 Å². The fourth-order valence-corrected chi connectivity index (χ4v) is 2.61. The van der Waals surface area contributed by atoms with Gasteiger partial charge >= 0.3 is 0 Å². The van der Waals surface area contributed by atoms with Gasteiger partial charge in [0.25, 0.3) is 5.91 Å². The van der Waals surface area contributed by atoms with Crippen LogP contribution in [0.3, 0.4) is 0 Å². The Labute approximate surface area is 139 Å². The summed E-state index contributed by atoms with van der Waals surface area (Å²) in [6.45, 7) is 0.841. The maximum absolute atomic E-state index is 12.3. The number of rotatable bonds is 5. The van der Waals surface area contributed by atoms with Crippen molar-refractivity contribution in [3.05, 3.63) is 41.2 Å². The molecule has 22 heavy (non-hydrogen) atoms. The highest BCUT2D eigenvalue weighted by Crippen LogP contribution is 2.21. The van der Waals surface area contributed by atoms with Crippen LogP contribution in [0.4, 0.5) is 0 Å². The number of carbonyl (C=O) groups excluding carboxylic acids is 1. The van der Waals surface area contributed by atoms with Crippen molar-refractivity contribution in [3.8, 4) is 5.75 Å². The van der Waals surface area contributed by atoms with Crippen molar-refractivity contribution in [1.82, 2.24) is 9.80 Å². The molecule has 118 valence electrons. The fourth-order valence-electron chi connectivity index (χ4n) is 1.90. The number of hydrogen-bond donors (Lipinski definition) is 0. The van der Waals surface area contributed by atoms with E-state index in [0.717, 1.165) is 5.75 Å². The van der Waals surface area contributed by atoms with Gasteiger partial charge in [0.2, 0.25) is 0 Å². The average molecular weight is 340 g/mol. The van der Waals surface area contributed by atoms with Crippen LogP contribution in [0, 0.1) is 0 Å². The molecule has 1 aromatic carbocycles. The predicted octanol–water partition coefficient (Wildman–Crippen LogP) is 2.68. The van der Waals surface area contributed by atoms with E-state index in [-0.39, 0.29) is 5.91 Å².